The Labute approximate surface area is 120 Å². The van der Waals surface area contributed by atoms with Crippen LogP contribution < -0.4 is 4.74 Å². The standard InChI is InChI=1S/C15H14BrFO2/c1-2-13(18)11-5-3-4-6-14(11)19-15-8-7-10(16)9-12(15)17/h3-9,13,18H,2H2,1H3/t13-/m0/s1. The summed E-state index contributed by atoms with van der Waals surface area (Å²) < 4.78 is 19.9. The summed E-state index contributed by atoms with van der Waals surface area (Å²) in [6, 6.07) is 11.7. The number of halogens is 2. The van der Waals surface area contributed by atoms with Gasteiger partial charge < -0.3 is 9.84 Å². The summed E-state index contributed by atoms with van der Waals surface area (Å²) in [5.74, 6) is 0.159. The van der Waals surface area contributed by atoms with E-state index in [-0.39, 0.29) is 5.75 Å². The van der Waals surface area contributed by atoms with Gasteiger partial charge >= 0.3 is 0 Å². The van der Waals surface area contributed by atoms with Gasteiger partial charge in [0.1, 0.15) is 5.75 Å². The van der Waals surface area contributed by atoms with Crippen LogP contribution >= 0.6 is 15.9 Å². The number of hydrogen-bond donors (Lipinski definition) is 1. The van der Waals surface area contributed by atoms with Crippen molar-refractivity contribution in [1.29, 1.82) is 0 Å². The molecule has 4 heteroatoms. The second kappa shape index (κ2) is 6.17. The molecule has 0 spiro atoms. The molecule has 2 rings (SSSR count). The fraction of sp³-hybridized carbons (Fsp3) is 0.200. The highest BCUT2D eigenvalue weighted by Gasteiger charge is 2.13. The van der Waals surface area contributed by atoms with E-state index in [0.717, 1.165) is 0 Å². The van der Waals surface area contributed by atoms with Gasteiger partial charge in [-0.3, -0.25) is 0 Å². The van der Waals surface area contributed by atoms with Gasteiger partial charge in [-0.1, -0.05) is 41.1 Å². The molecule has 0 saturated heterocycles. The quantitative estimate of drug-likeness (QED) is 0.873. The topological polar surface area (TPSA) is 29.5 Å². The van der Waals surface area contributed by atoms with Crippen molar-refractivity contribution in [3.05, 3.63) is 58.3 Å². The lowest BCUT2D eigenvalue weighted by molar-refractivity contribution is 0.170. The van der Waals surface area contributed by atoms with E-state index in [1.165, 1.54) is 6.07 Å². The number of rotatable bonds is 4. The van der Waals surface area contributed by atoms with Crippen LogP contribution in [0.1, 0.15) is 25.0 Å². The van der Waals surface area contributed by atoms with Gasteiger partial charge in [-0.15, -0.1) is 0 Å². The van der Waals surface area contributed by atoms with Gasteiger partial charge in [0, 0.05) is 10.0 Å². The lowest BCUT2D eigenvalue weighted by Gasteiger charge is -2.15. The zero-order valence-electron chi connectivity index (χ0n) is 10.4. The Morgan fingerprint density at radius 3 is 2.63 bits per heavy atom. The first kappa shape index (κ1) is 14.0. The maximum Gasteiger partial charge on any atom is 0.166 e. The summed E-state index contributed by atoms with van der Waals surface area (Å²) in [6.07, 6.45) is -0.0434. The number of ether oxygens (including phenoxy) is 1. The van der Waals surface area contributed by atoms with E-state index >= 15 is 0 Å². The van der Waals surface area contributed by atoms with E-state index in [0.29, 0.717) is 22.2 Å². The molecule has 2 nitrogen and oxygen atoms in total. The molecule has 1 N–H and O–H groups in total. The summed E-state index contributed by atoms with van der Waals surface area (Å²) in [5, 5.41) is 9.92. The van der Waals surface area contributed by atoms with E-state index in [2.05, 4.69) is 15.9 Å². The van der Waals surface area contributed by atoms with Crippen molar-refractivity contribution >= 4 is 15.9 Å². The van der Waals surface area contributed by atoms with Gasteiger partial charge in [-0.2, -0.15) is 0 Å². The van der Waals surface area contributed by atoms with Gasteiger partial charge in [-0.05, 0) is 30.7 Å². The lowest BCUT2D eigenvalue weighted by atomic mass is 10.1. The number of benzene rings is 2. The predicted molar refractivity (Wildman–Crippen MR) is 75.9 cm³/mol. The molecule has 0 fully saturated rings. The van der Waals surface area contributed by atoms with Crippen LogP contribution in [0.3, 0.4) is 0 Å². The van der Waals surface area contributed by atoms with E-state index in [1.54, 1.807) is 30.3 Å². The SMILES string of the molecule is CC[C@H](O)c1ccccc1Oc1ccc(Br)cc1F. The Morgan fingerprint density at radius 2 is 1.95 bits per heavy atom. The van der Waals surface area contributed by atoms with Crippen LogP contribution in [0.4, 0.5) is 4.39 Å². The molecular weight excluding hydrogens is 311 g/mol. The second-order valence-electron chi connectivity index (χ2n) is 4.14. The Bertz CT molecular complexity index is 572. The first-order valence-electron chi connectivity index (χ1n) is 6.01. The van der Waals surface area contributed by atoms with Crippen molar-refractivity contribution in [1.82, 2.24) is 0 Å². The largest absolute Gasteiger partial charge is 0.454 e. The molecule has 0 heterocycles. The van der Waals surface area contributed by atoms with Crippen LogP contribution in [0.15, 0.2) is 46.9 Å². The maximum atomic E-state index is 13.7. The van der Waals surface area contributed by atoms with Crippen LogP contribution in [-0.4, -0.2) is 5.11 Å². The van der Waals surface area contributed by atoms with Crippen LogP contribution in [0.2, 0.25) is 0 Å². The molecule has 0 aliphatic carbocycles. The first-order valence-corrected chi connectivity index (χ1v) is 6.81. The fourth-order valence-electron chi connectivity index (χ4n) is 1.75. The smallest absolute Gasteiger partial charge is 0.166 e. The average Bonchev–Trinajstić information content (AvgIpc) is 2.41. The van der Waals surface area contributed by atoms with Gasteiger partial charge in [0.05, 0.1) is 6.10 Å². The minimum absolute atomic E-state index is 0.138. The number of aliphatic hydroxyl groups excluding tert-OH is 1. The van der Waals surface area contributed by atoms with Gasteiger partial charge in [0.15, 0.2) is 11.6 Å². The van der Waals surface area contributed by atoms with Crippen molar-refractivity contribution in [3.8, 4) is 11.5 Å². The highest BCUT2D eigenvalue weighted by molar-refractivity contribution is 9.10. The number of hydrogen-bond acceptors (Lipinski definition) is 2. The van der Waals surface area contributed by atoms with Crippen LogP contribution in [0.25, 0.3) is 0 Å². The van der Waals surface area contributed by atoms with Crippen molar-refractivity contribution < 1.29 is 14.2 Å². The Kier molecular flexibility index (Phi) is 4.56. The average molecular weight is 325 g/mol. The van der Waals surface area contributed by atoms with Crippen LogP contribution in [-0.2, 0) is 0 Å². The zero-order valence-corrected chi connectivity index (χ0v) is 12.0. The molecule has 19 heavy (non-hydrogen) atoms. The Balaban J connectivity index is 2.33. The predicted octanol–water partition coefficient (Wildman–Crippen LogP) is 4.82. The number of aliphatic hydroxyl groups is 1. The molecule has 0 aliphatic rings. The highest BCUT2D eigenvalue weighted by Crippen LogP contribution is 2.32. The Morgan fingerprint density at radius 1 is 1.21 bits per heavy atom. The van der Waals surface area contributed by atoms with E-state index in [1.807, 2.05) is 13.0 Å². The van der Waals surface area contributed by atoms with E-state index in [9.17, 15) is 9.50 Å². The van der Waals surface area contributed by atoms with Crippen molar-refractivity contribution in [2.75, 3.05) is 0 Å². The fourth-order valence-corrected chi connectivity index (χ4v) is 2.08. The van der Waals surface area contributed by atoms with Crippen molar-refractivity contribution in [2.24, 2.45) is 0 Å². The molecule has 0 aromatic heterocycles. The highest BCUT2D eigenvalue weighted by atomic mass is 79.9. The normalized spacial score (nSPS) is 12.2. The molecule has 2 aromatic carbocycles. The third kappa shape index (κ3) is 3.33. The molecule has 0 saturated carbocycles. The summed E-state index contributed by atoms with van der Waals surface area (Å²) >= 11 is 3.20. The molecular formula is C15H14BrFO2. The molecule has 0 bridgehead atoms. The Hall–Kier alpha value is -1.39. The van der Waals surface area contributed by atoms with E-state index < -0.39 is 11.9 Å². The van der Waals surface area contributed by atoms with E-state index in [4.69, 9.17) is 4.74 Å². The van der Waals surface area contributed by atoms with Crippen molar-refractivity contribution in [2.45, 2.75) is 19.4 Å². The summed E-state index contributed by atoms with van der Waals surface area (Å²) in [4.78, 5) is 0. The molecule has 100 valence electrons. The summed E-state index contributed by atoms with van der Waals surface area (Å²) in [5.41, 5.74) is 0.660. The molecule has 1 atom stereocenters. The summed E-state index contributed by atoms with van der Waals surface area (Å²) in [7, 11) is 0. The maximum absolute atomic E-state index is 13.7. The minimum Gasteiger partial charge on any atom is -0.454 e. The molecule has 0 aliphatic heterocycles. The van der Waals surface area contributed by atoms with Gasteiger partial charge in [0.25, 0.3) is 0 Å². The minimum atomic E-state index is -0.616. The molecule has 0 radical (unpaired) electrons. The zero-order chi connectivity index (χ0) is 13.8. The first-order chi connectivity index (χ1) is 9.11. The van der Waals surface area contributed by atoms with Crippen molar-refractivity contribution in [3.63, 3.8) is 0 Å². The molecule has 0 unspecified atom stereocenters. The lowest BCUT2D eigenvalue weighted by Crippen LogP contribution is -1.99. The molecule has 2 aromatic rings. The number of para-hydroxylation sites is 1. The molecule has 0 amide bonds. The van der Waals surface area contributed by atoms with Crippen LogP contribution in [0, 0.1) is 5.82 Å². The third-order valence-electron chi connectivity index (χ3n) is 2.78. The third-order valence-corrected chi connectivity index (χ3v) is 3.27. The monoisotopic (exact) mass is 324 g/mol. The second-order valence-corrected chi connectivity index (χ2v) is 5.05. The summed E-state index contributed by atoms with van der Waals surface area (Å²) in [6.45, 7) is 1.88. The van der Waals surface area contributed by atoms with Gasteiger partial charge in [0.2, 0.25) is 0 Å². The van der Waals surface area contributed by atoms with Gasteiger partial charge in [-0.25, -0.2) is 4.39 Å². The van der Waals surface area contributed by atoms with Crippen LogP contribution in [0.5, 0.6) is 11.5 Å².